The van der Waals surface area contributed by atoms with Crippen LogP contribution in [0.4, 0.5) is 5.69 Å². The highest BCUT2D eigenvalue weighted by atomic mass is 35.5. The summed E-state index contributed by atoms with van der Waals surface area (Å²) in [6.45, 7) is 3.14. The Bertz CT molecular complexity index is 572. The molecule has 0 aliphatic heterocycles. The molecule has 0 fully saturated rings. The van der Waals surface area contributed by atoms with Gasteiger partial charge in [-0.1, -0.05) is 11.6 Å². The van der Waals surface area contributed by atoms with Crippen LogP contribution in [0.3, 0.4) is 0 Å². The Labute approximate surface area is 118 Å². The molecule has 1 aromatic carbocycles. The third-order valence-electron chi connectivity index (χ3n) is 2.67. The van der Waals surface area contributed by atoms with Crippen LogP contribution in [-0.4, -0.2) is 38.0 Å². The predicted octanol–water partition coefficient (Wildman–Crippen LogP) is 1.87. The fourth-order valence-electron chi connectivity index (χ4n) is 1.48. The monoisotopic (exact) mass is 304 g/mol. The van der Waals surface area contributed by atoms with Gasteiger partial charge in [0.15, 0.2) is 0 Å². The van der Waals surface area contributed by atoms with Crippen molar-refractivity contribution in [1.29, 1.82) is 0 Å². The maximum absolute atomic E-state index is 11.8. The molecule has 0 radical (unpaired) electrons. The second-order valence-electron chi connectivity index (χ2n) is 4.16. The zero-order valence-corrected chi connectivity index (χ0v) is 12.7. The summed E-state index contributed by atoms with van der Waals surface area (Å²) in [5, 5.41) is 3.25. The number of nitrogens with zero attached hydrogens (tertiary/aromatic N) is 1. The van der Waals surface area contributed by atoms with Gasteiger partial charge in [-0.2, -0.15) is 4.31 Å². The lowest BCUT2D eigenvalue weighted by Crippen LogP contribution is -2.35. The van der Waals surface area contributed by atoms with Gasteiger partial charge in [-0.3, -0.25) is 4.79 Å². The second-order valence-corrected chi connectivity index (χ2v) is 6.96. The van der Waals surface area contributed by atoms with Gasteiger partial charge in [0.2, 0.25) is 15.9 Å². The molecule has 1 aromatic rings. The van der Waals surface area contributed by atoms with Gasteiger partial charge in [0.05, 0.1) is 12.3 Å². The van der Waals surface area contributed by atoms with E-state index in [1.807, 2.05) is 6.92 Å². The number of halogens is 1. The van der Waals surface area contributed by atoms with E-state index in [-0.39, 0.29) is 18.2 Å². The van der Waals surface area contributed by atoms with Gasteiger partial charge >= 0.3 is 0 Å². The molecule has 0 unspecified atom stereocenters. The van der Waals surface area contributed by atoms with E-state index in [0.29, 0.717) is 10.7 Å². The number of sulfonamides is 1. The number of benzene rings is 1. The van der Waals surface area contributed by atoms with Crippen molar-refractivity contribution in [1.82, 2.24) is 4.31 Å². The Balaban J connectivity index is 2.71. The van der Waals surface area contributed by atoms with Crippen LogP contribution in [0.2, 0.25) is 5.02 Å². The number of hydrogen-bond donors (Lipinski definition) is 1. The first-order chi connectivity index (χ1) is 8.76. The van der Waals surface area contributed by atoms with E-state index in [4.69, 9.17) is 11.6 Å². The molecule has 0 atom stereocenters. The molecular formula is C12H17ClN2O3S. The lowest BCUT2D eigenvalue weighted by molar-refractivity contribution is -0.116. The lowest BCUT2D eigenvalue weighted by Gasteiger charge is -2.16. The summed E-state index contributed by atoms with van der Waals surface area (Å²) in [4.78, 5) is 11.8. The van der Waals surface area contributed by atoms with Crippen molar-refractivity contribution in [3.8, 4) is 0 Å². The van der Waals surface area contributed by atoms with Crippen molar-refractivity contribution in [3.63, 3.8) is 0 Å². The summed E-state index contributed by atoms with van der Waals surface area (Å²) in [6, 6.07) is 5.07. The molecule has 0 aliphatic rings. The average molecular weight is 305 g/mol. The van der Waals surface area contributed by atoms with E-state index in [9.17, 15) is 13.2 Å². The number of nitrogens with one attached hydrogen (secondary N) is 1. The van der Waals surface area contributed by atoms with E-state index >= 15 is 0 Å². The fourth-order valence-corrected chi connectivity index (χ4v) is 2.46. The normalized spacial score (nSPS) is 11.6. The number of likely N-dealkylation sites (N-methyl/N-ethyl adjacent to an activating group) is 1. The molecule has 1 rings (SSSR count). The summed E-state index contributed by atoms with van der Waals surface area (Å²) in [6.07, 6.45) is 0. The summed E-state index contributed by atoms with van der Waals surface area (Å²) < 4.78 is 24.1. The molecule has 0 heterocycles. The largest absolute Gasteiger partial charge is 0.325 e. The molecular weight excluding hydrogens is 288 g/mol. The Morgan fingerprint density at radius 3 is 2.58 bits per heavy atom. The highest BCUT2D eigenvalue weighted by Crippen LogP contribution is 2.19. The summed E-state index contributed by atoms with van der Waals surface area (Å²) in [7, 11) is -1.97. The van der Waals surface area contributed by atoms with Crippen molar-refractivity contribution in [2.75, 3.05) is 24.7 Å². The van der Waals surface area contributed by atoms with Crippen LogP contribution in [0, 0.1) is 6.92 Å². The second kappa shape index (κ2) is 6.36. The molecule has 0 spiro atoms. The SMILES string of the molecule is CCS(=O)(=O)N(C)CC(=O)Nc1ccc(Cl)cc1C. The van der Waals surface area contributed by atoms with E-state index in [1.54, 1.807) is 18.2 Å². The molecule has 0 saturated heterocycles. The van der Waals surface area contributed by atoms with Crippen LogP contribution in [0.1, 0.15) is 12.5 Å². The first-order valence-corrected chi connectivity index (χ1v) is 7.75. The number of anilines is 1. The highest BCUT2D eigenvalue weighted by Gasteiger charge is 2.18. The molecule has 106 valence electrons. The van der Waals surface area contributed by atoms with Gasteiger partial charge in [0.1, 0.15) is 0 Å². The molecule has 0 aliphatic carbocycles. The quantitative estimate of drug-likeness (QED) is 0.903. The zero-order valence-electron chi connectivity index (χ0n) is 11.1. The molecule has 5 nitrogen and oxygen atoms in total. The van der Waals surface area contributed by atoms with Gasteiger partial charge in [-0.25, -0.2) is 8.42 Å². The van der Waals surface area contributed by atoms with Crippen molar-refractivity contribution >= 4 is 33.2 Å². The van der Waals surface area contributed by atoms with Crippen molar-refractivity contribution in [2.24, 2.45) is 0 Å². The van der Waals surface area contributed by atoms with Crippen molar-refractivity contribution < 1.29 is 13.2 Å². The summed E-state index contributed by atoms with van der Waals surface area (Å²) in [5.41, 5.74) is 1.44. The van der Waals surface area contributed by atoms with Crippen molar-refractivity contribution in [3.05, 3.63) is 28.8 Å². The average Bonchev–Trinajstić information content (AvgIpc) is 2.32. The minimum Gasteiger partial charge on any atom is -0.325 e. The van der Waals surface area contributed by atoms with Crippen molar-refractivity contribution in [2.45, 2.75) is 13.8 Å². The van der Waals surface area contributed by atoms with Crippen LogP contribution in [0.15, 0.2) is 18.2 Å². The number of carbonyl (C=O) groups is 1. The molecule has 0 bridgehead atoms. The van der Waals surface area contributed by atoms with Crippen LogP contribution in [0.25, 0.3) is 0 Å². The highest BCUT2D eigenvalue weighted by molar-refractivity contribution is 7.89. The number of aryl methyl sites for hydroxylation is 1. The first kappa shape index (κ1) is 15.9. The van der Waals surface area contributed by atoms with Gasteiger partial charge in [0, 0.05) is 17.8 Å². The maximum Gasteiger partial charge on any atom is 0.239 e. The van der Waals surface area contributed by atoms with Gasteiger partial charge in [-0.15, -0.1) is 0 Å². The Morgan fingerprint density at radius 2 is 2.05 bits per heavy atom. The minimum absolute atomic E-state index is 0.0310. The fraction of sp³-hybridized carbons (Fsp3) is 0.417. The Hall–Kier alpha value is -1.11. The molecule has 7 heteroatoms. The number of hydrogen-bond acceptors (Lipinski definition) is 3. The van der Waals surface area contributed by atoms with Gasteiger partial charge in [-0.05, 0) is 37.6 Å². The molecule has 0 aromatic heterocycles. The van der Waals surface area contributed by atoms with Gasteiger partial charge in [0.25, 0.3) is 0 Å². The van der Waals surface area contributed by atoms with Crippen LogP contribution in [0.5, 0.6) is 0 Å². The standard InChI is InChI=1S/C12H17ClN2O3S/c1-4-19(17,18)15(3)8-12(16)14-11-6-5-10(13)7-9(11)2/h5-7H,4,8H2,1-3H3,(H,14,16). The number of rotatable bonds is 5. The zero-order chi connectivity index (χ0) is 14.6. The topological polar surface area (TPSA) is 66.5 Å². The number of carbonyl (C=O) groups excluding carboxylic acids is 1. The summed E-state index contributed by atoms with van der Waals surface area (Å²) >= 11 is 5.82. The third-order valence-corrected chi connectivity index (χ3v) is 4.71. The Morgan fingerprint density at radius 1 is 1.42 bits per heavy atom. The van der Waals surface area contributed by atoms with Crippen LogP contribution >= 0.6 is 11.6 Å². The molecule has 1 N–H and O–H groups in total. The maximum atomic E-state index is 11.8. The molecule has 0 saturated carbocycles. The van der Waals surface area contributed by atoms with E-state index < -0.39 is 10.0 Å². The van der Waals surface area contributed by atoms with Crippen LogP contribution < -0.4 is 5.32 Å². The Kier molecular flexibility index (Phi) is 5.34. The molecule has 1 amide bonds. The minimum atomic E-state index is -3.35. The van der Waals surface area contributed by atoms with E-state index in [2.05, 4.69) is 5.32 Å². The number of amides is 1. The van der Waals surface area contributed by atoms with Gasteiger partial charge < -0.3 is 5.32 Å². The smallest absolute Gasteiger partial charge is 0.239 e. The van der Waals surface area contributed by atoms with E-state index in [1.165, 1.54) is 14.0 Å². The first-order valence-electron chi connectivity index (χ1n) is 5.76. The third kappa shape index (κ3) is 4.49. The predicted molar refractivity (Wildman–Crippen MR) is 76.9 cm³/mol. The molecule has 19 heavy (non-hydrogen) atoms. The van der Waals surface area contributed by atoms with E-state index in [0.717, 1.165) is 9.87 Å². The van der Waals surface area contributed by atoms with Crippen LogP contribution in [-0.2, 0) is 14.8 Å². The summed E-state index contributed by atoms with van der Waals surface area (Å²) in [5.74, 6) is -0.415. The lowest BCUT2D eigenvalue weighted by atomic mass is 10.2.